The maximum atomic E-state index is 12.1. The van der Waals surface area contributed by atoms with Crippen LogP contribution in [-0.4, -0.2) is 31.8 Å². The van der Waals surface area contributed by atoms with Crippen LogP contribution in [0.3, 0.4) is 0 Å². The number of hydrogen-bond acceptors (Lipinski definition) is 6. The quantitative estimate of drug-likeness (QED) is 0.526. The first-order chi connectivity index (χ1) is 12.2. The molecule has 1 aromatic carbocycles. The number of hydrogen-bond donors (Lipinski definition) is 2. The predicted octanol–water partition coefficient (Wildman–Crippen LogP) is 3.54. The molecule has 3 aromatic heterocycles. The number of benzene rings is 1. The predicted molar refractivity (Wildman–Crippen MR) is 101 cm³/mol. The number of thiophene rings is 1. The van der Waals surface area contributed by atoms with E-state index < -0.39 is 0 Å². The standard InChI is InChI=1S/C17H15N5OS2/c1-10(13-7-4-8-24-13)18-14(23)9-25-17-20-16-15(21-22-17)11-5-2-3-6-12(11)19-16/h2-8,10H,9H2,1H3,(H,18,23)(H,19,20,22)/t10-/m1/s1. The van der Waals surface area contributed by atoms with Crippen LogP contribution in [0.2, 0.25) is 0 Å². The number of thioether (sulfide) groups is 1. The van der Waals surface area contributed by atoms with Crippen LogP contribution in [0.5, 0.6) is 0 Å². The lowest BCUT2D eigenvalue weighted by Crippen LogP contribution is -2.27. The van der Waals surface area contributed by atoms with Gasteiger partial charge in [0.1, 0.15) is 5.52 Å². The van der Waals surface area contributed by atoms with Gasteiger partial charge in [0.2, 0.25) is 11.1 Å². The van der Waals surface area contributed by atoms with E-state index in [2.05, 4.69) is 25.5 Å². The van der Waals surface area contributed by atoms with Crippen LogP contribution < -0.4 is 5.32 Å². The van der Waals surface area contributed by atoms with E-state index in [1.54, 1.807) is 11.3 Å². The highest BCUT2D eigenvalue weighted by Crippen LogP contribution is 2.23. The molecule has 0 unspecified atom stereocenters. The largest absolute Gasteiger partial charge is 0.348 e. The summed E-state index contributed by atoms with van der Waals surface area (Å²) in [5.41, 5.74) is 2.41. The summed E-state index contributed by atoms with van der Waals surface area (Å²) in [5.74, 6) is 0.203. The van der Waals surface area contributed by atoms with Gasteiger partial charge in [-0.1, -0.05) is 36.0 Å². The number of carbonyl (C=O) groups is 1. The molecule has 0 spiro atoms. The lowest BCUT2D eigenvalue weighted by atomic mass is 10.2. The van der Waals surface area contributed by atoms with Crippen molar-refractivity contribution in [1.29, 1.82) is 0 Å². The molecule has 0 radical (unpaired) electrons. The van der Waals surface area contributed by atoms with Gasteiger partial charge in [0, 0.05) is 15.8 Å². The van der Waals surface area contributed by atoms with Crippen LogP contribution in [0.1, 0.15) is 17.8 Å². The van der Waals surface area contributed by atoms with E-state index in [1.807, 2.05) is 48.7 Å². The van der Waals surface area contributed by atoms with Gasteiger partial charge in [0.15, 0.2) is 5.65 Å². The Labute approximate surface area is 152 Å². The van der Waals surface area contributed by atoms with Crippen molar-refractivity contribution < 1.29 is 4.79 Å². The van der Waals surface area contributed by atoms with E-state index in [1.165, 1.54) is 11.8 Å². The highest BCUT2D eigenvalue weighted by atomic mass is 32.2. The van der Waals surface area contributed by atoms with E-state index >= 15 is 0 Å². The summed E-state index contributed by atoms with van der Waals surface area (Å²) in [6.07, 6.45) is 0. The molecule has 126 valence electrons. The minimum absolute atomic E-state index is 0.00308. The van der Waals surface area contributed by atoms with Crippen molar-refractivity contribution in [1.82, 2.24) is 25.5 Å². The van der Waals surface area contributed by atoms with Crippen molar-refractivity contribution >= 4 is 51.1 Å². The Bertz CT molecular complexity index is 1030. The molecule has 1 amide bonds. The molecule has 2 N–H and O–H groups in total. The third-order valence-electron chi connectivity index (χ3n) is 3.78. The molecule has 0 aliphatic carbocycles. The molecule has 0 aliphatic rings. The van der Waals surface area contributed by atoms with Gasteiger partial charge in [-0.15, -0.1) is 21.5 Å². The van der Waals surface area contributed by atoms with Crippen LogP contribution in [0.25, 0.3) is 22.1 Å². The number of aromatic nitrogens is 4. The minimum atomic E-state index is -0.0498. The van der Waals surface area contributed by atoms with Crippen molar-refractivity contribution in [2.24, 2.45) is 0 Å². The maximum Gasteiger partial charge on any atom is 0.230 e. The van der Waals surface area contributed by atoms with E-state index in [4.69, 9.17) is 0 Å². The Balaban J connectivity index is 1.44. The summed E-state index contributed by atoms with van der Waals surface area (Å²) < 4.78 is 0. The number of rotatable bonds is 5. The first-order valence-corrected chi connectivity index (χ1v) is 9.64. The van der Waals surface area contributed by atoms with Crippen LogP contribution in [0.4, 0.5) is 0 Å². The number of H-pyrrole nitrogens is 1. The molecule has 0 bridgehead atoms. The van der Waals surface area contributed by atoms with Gasteiger partial charge in [-0.2, -0.15) is 0 Å². The summed E-state index contributed by atoms with van der Waals surface area (Å²) in [6, 6.07) is 11.9. The number of aromatic amines is 1. The van der Waals surface area contributed by atoms with E-state index in [0.29, 0.717) is 10.8 Å². The normalized spacial score (nSPS) is 12.5. The van der Waals surface area contributed by atoms with E-state index in [9.17, 15) is 4.79 Å². The fourth-order valence-corrected chi connectivity index (χ4v) is 3.92. The molecule has 25 heavy (non-hydrogen) atoms. The third-order valence-corrected chi connectivity index (χ3v) is 5.68. The molecular formula is C17H15N5OS2. The van der Waals surface area contributed by atoms with Crippen LogP contribution in [0, 0.1) is 0 Å². The summed E-state index contributed by atoms with van der Waals surface area (Å²) in [4.78, 5) is 21.0. The molecule has 0 saturated heterocycles. The fraction of sp³-hybridized carbons (Fsp3) is 0.176. The molecule has 0 fully saturated rings. The molecule has 0 saturated carbocycles. The average Bonchev–Trinajstić information content (AvgIpc) is 3.27. The maximum absolute atomic E-state index is 12.1. The van der Waals surface area contributed by atoms with Gasteiger partial charge >= 0.3 is 0 Å². The lowest BCUT2D eigenvalue weighted by Gasteiger charge is -2.11. The van der Waals surface area contributed by atoms with Crippen molar-refractivity contribution in [3.8, 4) is 0 Å². The second kappa shape index (κ2) is 6.81. The number of carbonyl (C=O) groups excluding carboxylic acids is 1. The van der Waals surface area contributed by atoms with E-state index in [-0.39, 0.29) is 17.7 Å². The zero-order valence-electron chi connectivity index (χ0n) is 13.4. The Morgan fingerprint density at radius 1 is 1.28 bits per heavy atom. The van der Waals surface area contributed by atoms with Crippen LogP contribution >= 0.6 is 23.1 Å². The smallest absolute Gasteiger partial charge is 0.230 e. The lowest BCUT2D eigenvalue weighted by molar-refractivity contribution is -0.119. The monoisotopic (exact) mass is 369 g/mol. The number of fused-ring (bicyclic) bond motifs is 3. The van der Waals surface area contributed by atoms with Gasteiger partial charge < -0.3 is 10.3 Å². The topological polar surface area (TPSA) is 83.6 Å². The molecular weight excluding hydrogens is 354 g/mol. The van der Waals surface area contributed by atoms with Gasteiger partial charge in [-0.3, -0.25) is 4.79 Å². The van der Waals surface area contributed by atoms with Crippen molar-refractivity contribution in [3.05, 3.63) is 46.7 Å². The Kier molecular flexibility index (Phi) is 4.37. The SMILES string of the molecule is C[C@@H](NC(=O)CSc1nnc2c(n1)[nH]c1ccccc12)c1cccs1. The van der Waals surface area contributed by atoms with Crippen molar-refractivity contribution in [3.63, 3.8) is 0 Å². The van der Waals surface area contributed by atoms with Gasteiger partial charge in [0.05, 0.1) is 11.8 Å². The Morgan fingerprint density at radius 3 is 3.00 bits per heavy atom. The first kappa shape index (κ1) is 16.0. The molecule has 3 heterocycles. The molecule has 4 aromatic rings. The highest BCUT2D eigenvalue weighted by molar-refractivity contribution is 7.99. The average molecular weight is 369 g/mol. The zero-order valence-corrected chi connectivity index (χ0v) is 15.0. The number of para-hydroxylation sites is 1. The van der Waals surface area contributed by atoms with Crippen molar-refractivity contribution in [2.75, 3.05) is 5.75 Å². The summed E-state index contributed by atoms with van der Waals surface area (Å²) >= 11 is 2.91. The van der Waals surface area contributed by atoms with Crippen molar-refractivity contribution in [2.45, 2.75) is 18.1 Å². The first-order valence-electron chi connectivity index (χ1n) is 7.77. The number of amides is 1. The second-order valence-electron chi connectivity index (χ2n) is 5.56. The zero-order chi connectivity index (χ0) is 17.2. The van der Waals surface area contributed by atoms with Crippen LogP contribution in [-0.2, 0) is 4.79 Å². The highest BCUT2D eigenvalue weighted by Gasteiger charge is 2.13. The summed E-state index contributed by atoms with van der Waals surface area (Å²) in [5, 5.41) is 14.8. The van der Waals surface area contributed by atoms with E-state index in [0.717, 1.165) is 21.3 Å². The van der Waals surface area contributed by atoms with Gasteiger partial charge in [0.25, 0.3) is 0 Å². The molecule has 6 nitrogen and oxygen atoms in total. The molecule has 1 atom stereocenters. The molecule has 8 heteroatoms. The third kappa shape index (κ3) is 3.35. The summed E-state index contributed by atoms with van der Waals surface area (Å²) in [6.45, 7) is 1.98. The minimum Gasteiger partial charge on any atom is -0.348 e. The second-order valence-corrected chi connectivity index (χ2v) is 7.48. The number of nitrogens with one attached hydrogen (secondary N) is 2. The Hall–Kier alpha value is -2.45. The van der Waals surface area contributed by atoms with Crippen LogP contribution in [0.15, 0.2) is 46.9 Å². The molecule has 4 rings (SSSR count). The molecule has 0 aliphatic heterocycles. The summed E-state index contributed by atoms with van der Waals surface area (Å²) in [7, 11) is 0. The Morgan fingerprint density at radius 2 is 2.16 bits per heavy atom. The fourth-order valence-electron chi connectivity index (χ4n) is 2.59. The van der Waals surface area contributed by atoms with Gasteiger partial charge in [-0.05, 0) is 24.4 Å². The number of nitrogens with zero attached hydrogens (tertiary/aromatic N) is 3. The van der Waals surface area contributed by atoms with Gasteiger partial charge in [-0.25, -0.2) is 4.98 Å².